The summed E-state index contributed by atoms with van der Waals surface area (Å²) in [6, 6.07) is 16.3. The third-order valence-corrected chi connectivity index (χ3v) is 6.81. The van der Waals surface area contributed by atoms with E-state index in [1.165, 1.54) is 16.8 Å². The molecule has 7 nitrogen and oxygen atoms in total. The summed E-state index contributed by atoms with van der Waals surface area (Å²) < 4.78 is 7.48. The number of ether oxygens (including phenoxy) is 1. The topological polar surface area (TPSA) is 53.8 Å². The van der Waals surface area contributed by atoms with E-state index in [0.717, 1.165) is 56.4 Å². The summed E-state index contributed by atoms with van der Waals surface area (Å²) in [5, 5.41) is 0. The highest BCUT2D eigenvalue weighted by molar-refractivity contribution is 5.93. The Morgan fingerprint density at radius 3 is 2.64 bits per heavy atom. The Kier molecular flexibility index (Phi) is 6.05. The molecule has 3 aromatic rings. The number of amides is 1. The van der Waals surface area contributed by atoms with Crippen LogP contribution >= 0.6 is 0 Å². The Hall–Kier alpha value is -3.32. The summed E-state index contributed by atoms with van der Waals surface area (Å²) in [4.78, 5) is 24.5. The van der Waals surface area contributed by atoms with Crippen molar-refractivity contribution < 1.29 is 9.53 Å². The highest BCUT2D eigenvalue weighted by atomic mass is 16.5. The van der Waals surface area contributed by atoms with E-state index in [9.17, 15) is 4.79 Å². The quantitative estimate of drug-likeness (QED) is 0.605. The number of aromatic nitrogens is 2. The number of nitrogens with zero attached hydrogens (tertiary/aromatic N) is 5. The van der Waals surface area contributed by atoms with Gasteiger partial charge >= 0.3 is 0 Å². The number of anilines is 1. The minimum absolute atomic E-state index is 0.131. The van der Waals surface area contributed by atoms with Crippen LogP contribution in [0.25, 0.3) is 0 Å². The second-order valence-corrected chi connectivity index (χ2v) is 8.84. The lowest BCUT2D eigenvalue weighted by molar-refractivity contribution is 0.0736. The first-order valence-electron chi connectivity index (χ1n) is 11.6. The van der Waals surface area contributed by atoms with E-state index in [2.05, 4.69) is 37.5 Å². The van der Waals surface area contributed by atoms with Crippen LogP contribution in [0.3, 0.4) is 0 Å². The van der Waals surface area contributed by atoms with Crippen molar-refractivity contribution in [3.63, 3.8) is 0 Å². The van der Waals surface area contributed by atoms with Gasteiger partial charge in [-0.1, -0.05) is 18.2 Å². The van der Waals surface area contributed by atoms with Crippen LogP contribution in [0.2, 0.25) is 0 Å². The van der Waals surface area contributed by atoms with Gasteiger partial charge in [0, 0.05) is 71.2 Å². The number of hydrogen-bond acceptors (Lipinski definition) is 5. The number of rotatable bonds is 5. The van der Waals surface area contributed by atoms with Gasteiger partial charge in [0.25, 0.3) is 5.91 Å². The molecule has 1 saturated heterocycles. The van der Waals surface area contributed by atoms with Crippen molar-refractivity contribution in [1.29, 1.82) is 0 Å². The van der Waals surface area contributed by atoms with Gasteiger partial charge < -0.3 is 19.1 Å². The zero-order valence-electron chi connectivity index (χ0n) is 19.4. The average molecular weight is 446 g/mol. The standard InChI is InChI=1S/C26H31N5O2/c1-28-23-9-11-29(18-20-6-5-7-22(16-20)33-2)19-21(23)17-24(28)26(32)31-14-12-30(13-15-31)25-8-3-4-10-27-25/h3-8,10,16-17H,9,11-15,18-19H2,1-2H3. The van der Waals surface area contributed by atoms with Gasteiger partial charge in [0.1, 0.15) is 17.3 Å². The van der Waals surface area contributed by atoms with Crippen molar-refractivity contribution >= 4 is 11.7 Å². The Balaban J connectivity index is 1.24. The minimum Gasteiger partial charge on any atom is -0.497 e. The number of carbonyl (C=O) groups excluding carboxylic acids is 1. The SMILES string of the molecule is COc1cccc(CN2CCc3c(cc(C(=O)N4CCN(c5ccccn5)CC4)n3C)C2)c1. The van der Waals surface area contributed by atoms with Crippen molar-refractivity contribution in [2.45, 2.75) is 19.5 Å². The fourth-order valence-corrected chi connectivity index (χ4v) is 4.97. The van der Waals surface area contributed by atoms with Crippen molar-refractivity contribution in [1.82, 2.24) is 19.4 Å². The maximum absolute atomic E-state index is 13.4. The normalized spacial score (nSPS) is 16.5. The van der Waals surface area contributed by atoms with E-state index in [1.54, 1.807) is 7.11 Å². The van der Waals surface area contributed by atoms with Gasteiger partial charge in [0.05, 0.1) is 7.11 Å². The molecule has 0 bridgehead atoms. The summed E-state index contributed by atoms with van der Waals surface area (Å²) >= 11 is 0. The molecule has 2 aromatic heterocycles. The molecule has 2 aliphatic rings. The number of carbonyl (C=O) groups is 1. The Labute approximate surface area is 195 Å². The molecule has 33 heavy (non-hydrogen) atoms. The van der Waals surface area contributed by atoms with Gasteiger partial charge in [-0.2, -0.15) is 0 Å². The molecular formula is C26H31N5O2. The van der Waals surface area contributed by atoms with Crippen molar-refractivity contribution in [3.8, 4) is 5.75 Å². The monoisotopic (exact) mass is 445 g/mol. The smallest absolute Gasteiger partial charge is 0.270 e. The molecule has 5 rings (SSSR count). The fraction of sp³-hybridized carbons (Fsp3) is 0.385. The van der Waals surface area contributed by atoms with Crippen LogP contribution in [0.15, 0.2) is 54.7 Å². The molecule has 0 radical (unpaired) electrons. The molecule has 172 valence electrons. The number of fused-ring (bicyclic) bond motifs is 1. The lowest BCUT2D eigenvalue weighted by atomic mass is 10.1. The second kappa shape index (κ2) is 9.27. The summed E-state index contributed by atoms with van der Waals surface area (Å²) in [7, 11) is 3.74. The number of hydrogen-bond donors (Lipinski definition) is 0. The van der Waals surface area contributed by atoms with Gasteiger partial charge in [-0.15, -0.1) is 0 Å². The highest BCUT2D eigenvalue weighted by Crippen LogP contribution is 2.26. The first kappa shape index (κ1) is 21.5. The summed E-state index contributed by atoms with van der Waals surface area (Å²) in [6.45, 7) is 5.77. The summed E-state index contributed by atoms with van der Waals surface area (Å²) in [5.74, 6) is 2.00. The first-order valence-corrected chi connectivity index (χ1v) is 11.6. The predicted molar refractivity (Wildman–Crippen MR) is 129 cm³/mol. The molecule has 0 N–H and O–H groups in total. The lowest BCUT2D eigenvalue weighted by Gasteiger charge is -2.35. The van der Waals surface area contributed by atoms with Gasteiger partial charge in [-0.25, -0.2) is 4.98 Å². The number of pyridine rings is 1. The summed E-state index contributed by atoms with van der Waals surface area (Å²) in [6.07, 6.45) is 2.77. The van der Waals surface area contributed by atoms with Gasteiger partial charge in [-0.3, -0.25) is 9.69 Å². The average Bonchev–Trinajstić information content (AvgIpc) is 3.20. The molecule has 4 heterocycles. The molecule has 0 saturated carbocycles. The van der Waals surface area contributed by atoms with Gasteiger partial charge in [0.2, 0.25) is 0 Å². The zero-order valence-corrected chi connectivity index (χ0v) is 19.4. The molecule has 0 atom stereocenters. The van der Waals surface area contributed by atoms with E-state index < -0.39 is 0 Å². The third-order valence-electron chi connectivity index (χ3n) is 6.81. The molecule has 0 aliphatic carbocycles. The van der Waals surface area contributed by atoms with Crippen LogP contribution in [-0.4, -0.2) is 65.1 Å². The van der Waals surface area contributed by atoms with E-state index in [0.29, 0.717) is 13.1 Å². The van der Waals surface area contributed by atoms with E-state index in [-0.39, 0.29) is 5.91 Å². The van der Waals surface area contributed by atoms with E-state index >= 15 is 0 Å². The molecular weight excluding hydrogens is 414 g/mol. The Morgan fingerprint density at radius 2 is 1.88 bits per heavy atom. The molecule has 7 heteroatoms. The zero-order chi connectivity index (χ0) is 22.8. The van der Waals surface area contributed by atoms with Crippen molar-refractivity contribution in [2.75, 3.05) is 44.7 Å². The van der Waals surface area contributed by atoms with Crippen LogP contribution in [0.1, 0.15) is 27.3 Å². The van der Waals surface area contributed by atoms with Crippen LogP contribution in [0.4, 0.5) is 5.82 Å². The van der Waals surface area contributed by atoms with Gasteiger partial charge in [-0.05, 0) is 41.5 Å². The number of benzene rings is 1. The predicted octanol–water partition coefficient (Wildman–Crippen LogP) is 2.95. The largest absolute Gasteiger partial charge is 0.497 e. The molecule has 1 fully saturated rings. The van der Waals surface area contributed by atoms with Gasteiger partial charge in [0.15, 0.2) is 0 Å². The number of methoxy groups -OCH3 is 1. The van der Waals surface area contributed by atoms with Crippen molar-refractivity contribution in [2.24, 2.45) is 7.05 Å². The number of piperazine rings is 1. The maximum Gasteiger partial charge on any atom is 0.270 e. The molecule has 0 unspecified atom stereocenters. The van der Waals surface area contributed by atoms with Crippen LogP contribution in [0.5, 0.6) is 5.75 Å². The Morgan fingerprint density at radius 1 is 1.03 bits per heavy atom. The highest BCUT2D eigenvalue weighted by Gasteiger charge is 2.28. The van der Waals surface area contributed by atoms with Crippen LogP contribution < -0.4 is 9.64 Å². The first-order chi connectivity index (χ1) is 16.1. The molecule has 2 aliphatic heterocycles. The third kappa shape index (κ3) is 4.46. The Bertz CT molecular complexity index is 1120. The minimum atomic E-state index is 0.131. The molecule has 0 spiro atoms. The van der Waals surface area contributed by atoms with Crippen LogP contribution in [0, 0.1) is 0 Å². The van der Waals surface area contributed by atoms with Crippen molar-refractivity contribution in [3.05, 3.63) is 77.2 Å². The molecule has 1 amide bonds. The van der Waals surface area contributed by atoms with Crippen LogP contribution in [-0.2, 0) is 26.6 Å². The maximum atomic E-state index is 13.4. The fourth-order valence-electron chi connectivity index (χ4n) is 4.97. The molecule has 1 aromatic carbocycles. The lowest BCUT2D eigenvalue weighted by Crippen LogP contribution is -2.49. The van der Waals surface area contributed by atoms with E-state index in [4.69, 9.17) is 4.74 Å². The second-order valence-electron chi connectivity index (χ2n) is 8.84. The summed E-state index contributed by atoms with van der Waals surface area (Å²) in [5.41, 5.74) is 4.60. The van der Waals surface area contributed by atoms with E-state index in [1.807, 2.05) is 48.5 Å².